The standard InChI is InChI=1S/C17H20Cl4O4/c1-10(2)5-4-8-24-13(22)6-3-7-14(23)25-17-15(20)11(18)9-12(19)16(17)21/h9-10H,3-8H2,1-2H3. The summed E-state index contributed by atoms with van der Waals surface area (Å²) < 4.78 is 10.2. The van der Waals surface area contributed by atoms with Crippen LogP contribution in [0, 0.1) is 5.92 Å². The number of hydrogen-bond acceptors (Lipinski definition) is 4. The number of halogens is 4. The fourth-order valence-corrected chi connectivity index (χ4v) is 2.80. The van der Waals surface area contributed by atoms with E-state index in [0.717, 1.165) is 12.8 Å². The quantitative estimate of drug-likeness (QED) is 0.198. The van der Waals surface area contributed by atoms with Crippen LogP contribution in [-0.4, -0.2) is 18.5 Å². The van der Waals surface area contributed by atoms with E-state index in [4.69, 9.17) is 55.9 Å². The van der Waals surface area contributed by atoms with Crippen molar-refractivity contribution in [1.82, 2.24) is 0 Å². The summed E-state index contributed by atoms with van der Waals surface area (Å²) in [5, 5.41) is 0.274. The summed E-state index contributed by atoms with van der Waals surface area (Å²) in [4.78, 5) is 23.5. The van der Waals surface area contributed by atoms with Crippen molar-refractivity contribution in [3.05, 3.63) is 26.2 Å². The summed E-state index contributed by atoms with van der Waals surface area (Å²) in [7, 11) is 0. The second-order valence-corrected chi connectivity index (χ2v) is 7.45. The maximum absolute atomic E-state index is 11.9. The Balaban J connectivity index is 2.38. The number of carbonyl (C=O) groups is 2. The Hall–Kier alpha value is -0.680. The van der Waals surface area contributed by atoms with Gasteiger partial charge in [0.25, 0.3) is 0 Å². The summed E-state index contributed by atoms with van der Waals surface area (Å²) in [5.41, 5.74) is 0. The number of ether oxygens (including phenoxy) is 2. The topological polar surface area (TPSA) is 52.6 Å². The maximum atomic E-state index is 11.9. The van der Waals surface area contributed by atoms with Gasteiger partial charge in [0, 0.05) is 12.8 Å². The van der Waals surface area contributed by atoms with Crippen molar-refractivity contribution in [2.75, 3.05) is 6.61 Å². The number of hydrogen-bond donors (Lipinski definition) is 0. The Bertz CT molecular complexity index is 591. The van der Waals surface area contributed by atoms with Crippen LogP contribution in [0.1, 0.15) is 46.0 Å². The lowest BCUT2D eigenvalue weighted by Gasteiger charge is -2.10. The van der Waals surface area contributed by atoms with Gasteiger partial charge in [0.1, 0.15) is 10.0 Å². The predicted molar refractivity (Wildman–Crippen MR) is 101 cm³/mol. The first kappa shape index (κ1) is 22.4. The van der Waals surface area contributed by atoms with E-state index in [1.807, 2.05) is 0 Å². The van der Waals surface area contributed by atoms with Crippen molar-refractivity contribution < 1.29 is 19.1 Å². The van der Waals surface area contributed by atoms with Crippen LogP contribution in [0.4, 0.5) is 0 Å². The Morgan fingerprint density at radius 3 is 2.08 bits per heavy atom. The van der Waals surface area contributed by atoms with Crippen LogP contribution in [0.3, 0.4) is 0 Å². The molecule has 25 heavy (non-hydrogen) atoms. The van der Waals surface area contributed by atoms with Gasteiger partial charge in [-0.2, -0.15) is 0 Å². The van der Waals surface area contributed by atoms with Crippen LogP contribution < -0.4 is 4.74 Å². The van der Waals surface area contributed by atoms with Gasteiger partial charge in [0.2, 0.25) is 0 Å². The van der Waals surface area contributed by atoms with Crippen LogP contribution >= 0.6 is 46.4 Å². The molecule has 0 aliphatic carbocycles. The largest absolute Gasteiger partial charge is 0.466 e. The molecule has 0 spiro atoms. The van der Waals surface area contributed by atoms with Gasteiger partial charge in [-0.15, -0.1) is 0 Å². The Morgan fingerprint density at radius 2 is 1.52 bits per heavy atom. The van der Waals surface area contributed by atoms with Crippen LogP contribution in [0.15, 0.2) is 6.07 Å². The highest BCUT2D eigenvalue weighted by atomic mass is 35.5. The van der Waals surface area contributed by atoms with Gasteiger partial charge in [-0.1, -0.05) is 60.3 Å². The van der Waals surface area contributed by atoms with Gasteiger partial charge in [0.15, 0.2) is 5.75 Å². The zero-order valence-corrected chi connectivity index (χ0v) is 17.1. The SMILES string of the molecule is CC(C)CCCOC(=O)CCCC(=O)Oc1c(Cl)c(Cl)cc(Cl)c1Cl. The van der Waals surface area contributed by atoms with Crippen LogP contribution in [0.2, 0.25) is 20.1 Å². The van der Waals surface area contributed by atoms with E-state index < -0.39 is 5.97 Å². The maximum Gasteiger partial charge on any atom is 0.311 e. The third-order valence-corrected chi connectivity index (χ3v) is 4.78. The smallest absolute Gasteiger partial charge is 0.311 e. The molecule has 0 atom stereocenters. The molecular weight excluding hydrogens is 410 g/mol. The van der Waals surface area contributed by atoms with E-state index in [-0.39, 0.29) is 44.7 Å². The molecule has 0 aliphatic rings. The minimum absolute atomic E-state index is 0.00831. The molecule has 0 aromatic heterocycles. The van der Waals surface area contributed by atoms with Gasteiger partial charge in [-0.3, -0.25) is 9.59 Å². The van der Waals surface area contributed by atoms with Crippen LogP contribution in [-0.2, 0) is 14.3 Å². The van der Waals surface area contributed by atoms with E-state index >= 15 is 0 Å². The van der Waals surface area contributed by atoms with E-state index in [1.165, 1.54) is 6.07 Å². The molecule has 1 aromatic carbocycles. The molecule has 0 radical (unpaired) electrons. The fraction of sp³-hybridized carbons (Fsp3) is 0.529. The van der Waals surface area contributed by atoms with Crippen molar-refractivity contribution in [1.29, 1.82) is 0 Å². The van der Waals surface area contributed by atoms with Crippen LogP contribution in [0.5, 0.6) is 5.75 Å². The lowest BCUT2D eigenvalue weighted by atomic mass is 10.1. The third-order valence-electron chi connectivity index (χ3n) is 3.24. The van der Waals surface area contributed by atoms with Gasteiger partial charge in [-0.05, 0) is 31.2 Å². The first-order valence-corrected chi connectivity index (χ1v) is 9.42. The second kappa shape index (κ2) is 11.1. The third kappa shape index (κ3) is 8.04. The number of benzene rings is 1. The fourth-order valence-electron chi connectivity index (χ4n) is 1.93. The molecule has 0 amide bonds. The lowest BCUT2D eigenvalue weighted by Crippen LogP contribution is -2.11. The van der Waals surface area contributed by atoms with Crippen LogP contribution in [0.25, 0.3) is 0 Å². The molecular formula is C17H20Cl4O4. The second-order valence-electron chi connectivity index (χ2n) is 5.88. The zero-order valence-electron chi connectivity index (χ0n) is 14.0. The van der Waals surface area contributed by atoms with Gasteiger partial charge < -0.3 is 9.47 Å². The lowest BCUT2D eigenvalue weighted by molar-refractivity contribution is -0.144. The Labute approximate surface area is 167 Å². The zero-order chi connectivity index (χ0) is 19.0. The molecule has 0 saturated heterocycles. The van der Waals surface area contributed by atoms with Crippen molar-refractivity contribution in [3.63, 3.8) is 0 Å². The van der Waals surface area contributed by atoms with E-state index in [2.05, 4.69) is 13.8 Å². The average molecular weight is 430 g/mol. The number of esters is 2. The first-order chi connectivity index (χ1) is 11.7. The molecule has 8 heteroatoms. The molecule has 1 rings (SSSR count). The minimum atomic E-state index is -0.588. The molecule has 0 bridgehead atoms. The van der Waals surface area contributed by atoms with Crippen molar-refractivity contribution in [2.24, 2.45) is 5.92 Å². The summed E-state index contributed by atoms with van der Waals surface area (Å²) in [6.07, 6.45) is 2.28. The minimum Gasteiger partial charge on any atom is -0.466 e. The Morgan fingerprint density at radius 1 is 0.960 bits per heavy atom. The molecule has 4 nitrogen and oxygen atoms in total. The first-order valence-electron chi connectivity index (χ1n) is 7.91. The predicted octanol–water partition coefficient (Wildman–Crippen LogP) is 6.36. The number of rotatable bonds is 9. The Kier molecular flexibility index (Phi) is 9.95. The summed E-state index contributed by atoms with van der Waals surface area (Å²) in [5.74, 6) is -0.428. The van der Waals surface area contributed by atoms with Crippen molar-refractivity contribution >= 4 is 58.3 Å². The number of carbonyl (C=O) groups excluding carboxylic acids is 2. The highest BCUT2D eigenvalue weighted by Gasteiger charge is 2.18. The van der Waals surface area contributed by atoms with Crippen molar-refractivity contribution in [2.45, 2.75) is 46.0 Å². The molecule has 0 heterocycles. The molecule has 0 fully saturated rings. The van der Waals surface area contributed by atoms with Gasteiger partial charge >= 0.3 is 11.9 Å². The summed E-state index contributed by atoms with van der Waals surface area (Å²) >= 11 is 23.7. The highest BCUT2D eigenvalue weighted by Crippen LogP contribution is 2.42. The monoisotopic (exact) mass is 428 g/mol. The van der Waals surface area contributed by atoms with Crippen molar-refractivity contribution in [3.8, 4) is 5.75 Å². The summed E-state index contributed by atoms with van der Waals surface area (Å²) in [6.45, 7) is 4.62. The molecule has 0 unspecified atom stereocenters. The van der Waals surface area contributed by atoms with Gasteiger partial charge in [-0.25, -0.2) is 0 Å². The molecule has 0 aliphatic heterocycles. The molecule has 140 valence electrons. The van der Waals surface area contributed by atoms with Gasteiger partial charge in [0.05, 0.1) is 16.7 Å². The molecule has 0 saturated carbocycles. The molecule has 1 aromatic rings. The van der Waals surface area contributed by atoms with E-state index in [0.29, 0.717) is 18.9 Å². The summed E-state index contributed by atoms with van der Waals surface area (Å²) in [6, 6.07) is 1.36. The molecule has 0 N–H and O–H groups in total. The highest BCUT2D eigenvalue weighted by molar-refractivity contribution is 6.48. The average Bonchev–Trinajstić information content (AvgIpc) is 2.53. The normalized spacial score (nSPS) is 10.8. The van der Waals surface area contributed by atoms with E-state index in [9.17, 15) is 9.59 Å². The van der Waals surface area contributed by atoms with E-state index in [1.54, 1.807) is 0 Å².